The van der Waals surface area contributed by atoms with Gasteiger partial charge in [-0.3, -0.25) is 10.1 Å². The van der Waals surface area contributed by atoms with Crippen molar-refractivity contribution < 1.29 is 4.79 Å². The third-order valence-corrected chi connectivity index (χ3v) is 1.35. The highest BCUT2D eigenvalue weighted by Crippen LogP contribution is 2.36. The molecule has 2 nitrogen and oxygen atoms in total. The summed E-state index contributed by atoms with van der Waals surface area (Å²) in [5.41, 5.74) is 0. The van der Waals surface area contributed by atoms with Crippen LogP contribution >= 0.6 is 47.8 Å². The van der Waals surface area contributed by atoms with Crippen LogP contribution in [0, 0.1) is 12.0 Å². The van der Waals surface area contributed by atoms with E-state index >= 15 is 0 Å². The number of carbonyl (C=O) groups excluding carboxylic acids is 1. The molecule has 0 unspecified atom stereocenters. The first-order valence-corrected chi connectivity index (χ1v) is 4.68. The van der Waals surface area contributed by atoms with Gasteiger partial charge in [-0.15, -0.1) is 0 Å². The molecule has 0 aliphatic heterocycles. The Bertz CT molecular complexity index is 164. The highest BCUT2D eigenvalue weighted by atomic mass is 80.0. The largest absolute Gasteiger partial charge is 0.288 e. The van der Waals surface area contributed by atoms with Gasteiger partial charge in [-0.05, 0) is 0 Å². The highest BCUT2D eigenvalue weighted by Gasteiger charge is 2.14. The fourth-order valence-corrected chi connectivity index (χ4v) is 0.645. The predicted octanol–water partition coefficient (Wildman–Crippen LogP) is 1.92. The van der Waals surface area contributed by atoms with E-state index in [-0.39, 0.29) is 2.14 Å². The third kappa shape index (κ3) is 8.47. The summed E-state index contributed by atoms with van der Waals surface area (Å²) in [6.45, 7) is 0. The summed E-state index contributed by atoms with van der Waals surface area (Å²) in [7, 11) is 0. The van der Waals surface area contributed by atoms with Crippen LogP contribution in [0.4, 0.5) is 0 Å². The SMILES string of the molecule is O=CNC#CCC(Br)(Br)Br. The maximum Gasteiger partial charge on any atom is 0.218 e. The van der Waals surface area contributed by atoms with Crippen molar-refractivity contribution in [1.82, 2.24) is 5.32 Å². The Kier molecular flexibility index (Phi) is 5.41. The van der Waals surface area contributed by atoms with Crippen LogP contribution < -0.4 is 5.32 Å². The monoisotopic (exact) mass is 331 g/mol. The van der Waals surface area contributed by atoms with Crippen molar-refractivity contribution in [3.63, 3.8) is 0 Å². The van der Waals surface area contributed by atoms with E-state index in [0.29, 0.717) is 12.8 Å². The number of rotatable bonds is 1. The summed E-state index contributed by atoms with van der Waals surface area (Å²) in [6.07, 6.45) is 1.08. The Morgan fingerprint density at radius 1 is 1.50 bits per heavy atom. The van der Waals surface area contributed by atoms with Crippen molar-refractivity contribution >= 4 is 54.2 Å². The molecule has 0 atom stereocenters. The summed E-state index contributed by atoms with van der Waals surface area (Å²) < 4.78 is -0.343. The van der Waals surface area contributed by atoms with Gasteiger partial charge in [0, 0.05) is 12.5 Å². The molecule has 0 radical (unpaired) electrons. The van der Waals surface area contributed by atoms with E-state index in [1.54, 1.807) is 0 Å². The minimum absolute atomic E-state index is 0.343. The zero-order chi connectivity index (χ0) is 8.04. The zero-order valence-corrected chi connectivity index (χ0v) is 9.58. The van der Waals surface area contributed by atoms with Gasteiger partial charge in [-0.25, -0.2) is 0 Å². The van der Waals surface area contributed by atoms with Crippen LogP contribution in [0.5, 0.6) is 0 Å². The molecule has 0 aliphatic carbocycles. The molecular weight excluding hydrogens is 330 g/mol. The molecule has 0 bridgehead atoms. The van der Waals surface area contributed by atoms with E-state index in [9.17, 15) is 4.79 Å². The smallest absolute Gasteiger partial charge is 0.218 e. The van der Waals surface area contributed by atoms with Crippen molar-refractivity contribution in [2.24, 2.45) is 0 Å². The zero-order valence-electron chi connectivity index (χ0n) is 4.83. The molecule has 0 saturated carbocycles. The van der Waals surface area contributed by atoms with Crippen molar-refractivity contribution in [3.05, 3.63) is 0 Å². The first-order chi connectivity index (χ1) is 4.56. The maximum atomic E-state index is 9.68. The van der Waals surface area contributed by atoms with Crippen LogP contribution in [0.1, 0.15) is 6.42 Å². The van der Waals surface area contributed by atoms with Gasteiger partial charge < -0.3 is 0 Å². The molecular formula is C5H4Br3NO. The highest BCUT2D eigenvalue weighted by molar-refractivity contribution is 9.39. The van der Waals surface area contributed by atoms with Crippen LogP contribution in [0.3, 0.4) is 0 Å². The molecule has 0 aromatic carbocycles. The van der Waals surface area contributed by atoms with Crippen molar-refractivity contribution in [2.45, 2.75) is 8.56 Å². The molecule has 1 N–H and O–H groups in total. The van der Waals surface area contributed by atoms with E-state index in [0.717, 1.165) is 0 Å². The van der Waals surface area contributed by atoms with Crippen molar-refractivity contribution in [2.75, 3.05) is 0 Å². The number of alkyl halides is 3. The minimum atomic E-state index is -0.343. The summed E-state index contributed by atoms with van der Waals surface area (Å²) in [5, 5.41) is 2.22. The summed E-state index contributed by atoms with van der Waals surface area (Å²) in [6, 6.07) is 2.43. The van der Waals surface area contributed by atoms with Gasteiger partial charge in [0.15, 0.2) is 0 Å². The summed E-state index contributed by atoms with van der Waals surface area (Å²) >= 11 is 9.74. The Morgan fingerprint density at radius 2 is 2.10 bits per heavy atom. The van der Waals surface area contributed by atoms with E-state index in [1.807, 2.05) is 0 Å². The number of nitrogens with one attached hydrogen (secondary N) is 1. The summed E-state index contributed by atoms with van der Waals surface area (Å²) in [4.78, 5) is 9.68. The molecule has 0 heterocycles. The fraction of sp³-hybridized carbons (Fsp3) is 0.400. The average molecular weight is 334 g/mol. The van der Waals surface area contributed by atoms with Crippen LogP contribution in [0.25, 0.3) is 0 Å². The van der Waals surface area contributed by atoms with Crippen LogP contribution in [0.15, 0.2) is 0 Å². The van der Waals surface area contributed by atoms with Crippen LogP contribution in [0.2, 0.25) is 0 Å². The number of halogens is 3. The Hall–Kier alpha value is 0.470. The second-order valence-corrected chi connectivity index (χ2v) is 8.61. The molecule has 0 spiro atoms. The van der Waals surface area contributed by atoms with E-state index in [1.165, 1.54) is 0 Å². The lowest BCUT2D eigenvalue weighted by Gasteiger charge is -2.04. The fourth-order valence-electron chi connectivity index (χ4n) is 0.225. The standard InChI is InChI=1S/C5H4Br3NO/c6-5(7,8)2-1-3-9-4-10/h4H,2H2,(H,9,10). The normalized spacial score (nSPS) is 9.50. The first-order valence-electron chi connectivity index (χ1n) is 2.30. The van der Waals surface area contributed by atoms with Gasteiger partial charge in [0.1, 0.15) is 2.14 Å². The van der Waals surface area contributed by atoms with Crippen molar-refractivity contribution in [3.8, 4) is 12.0 Å². The molecule has 0 aromatic rings. The predicted molar refractivity (Wildman–Crippen MR) is 51.1 cm³/mol. The van der Waals surface area contributed by atoms with Crippen molar-refractivity contribution in [1.29, 1.82) is 0 Å². The lowest BCUT2D eigenvalue weighted by atomic mass is 10.5. The molecule has 10 heavy (non-hydrogen) atoms. The van der Waals surface area contributed by atoms with Gasteiger partial charge in [-0.2, -0.15) is 0 Å². The Balaban J connectivity index is 3.55. The van der Waals surface area contributed by atoms with E-state index in [2.05, 4.69) is 65.1 Å². The maximum absolute atomic E-state index is 9.68. The number of carbonyl (C=O) groups is 1. The molecule has 0 aliphatic rings. The van der Waals surface area contributed by atoms with Gasteiger partial charge >= 0.3 is 0 Å². The van der Waals surface area contributed by atoms with E-state index < -0.39 is 0 Å². The molecule has 0 aromatic heterocycles. The Labute approximate surface area is 84.5 Å². The molecule has 5 heteroatoms. The lowest BCUT2D eigenvalue weighted by molar-refractivity contribution is -0.108. The topological polar surface area (TPSA) is 29.1 Å². The quantitative estimate of drug-likeness (QED) is 0.338. The number of amides is 1. The number of hydrogen-bond donors (Lipinski definition) is 1. The molecule has 0 rings (SSSR count). The second kappa shape index (κ2) is 5.16. The van der Waals surface area contributed by atoms with Crippen LogP contribution in [-0.4, -0.2) is 8.55 Å². The van der Waals surface area contributed by atoms with E-state index in [4.69, 9.17) is 0 Å². The summed E-state index contributed by atoms with van der Waals surface area (Å²) in [5.74, 6) is 2.69. The van der Waals surface area contributed by atoms with Gasteiger partial charge in [-0.1, -0.05) is 53.7 Å². The average Bonchev–Trinajstić information content (AvgIpc) is 1.78. The lowest BCUT2D eigenvalue weighted by Crippen LogP contribution is -2.01. The van der Waals surface area contributed by atoms with Gasteiger partial charge in [0.25, 0.3) is 0 Å². The van der Waals surface area contributed by atoms with Gasteiger partial charge in [0.2, 0.25) is 6.41 Å². The number of hydrogen-bond acceptors (Lipinski definition) is 1. The molecule has 0 saturated heterocycles. The minimum Gasteiger partial charge on any atom is -0.288 e. The van der Waals surface area contributed by atoms with Gasteiger partial charge in [0.05, 0.1) is 0 Å². The second-order valence-electron chi connectivity index (χ2n) is 1.36. The molecule has 1 amide bonds. The molecule has 56 valence electrons. The third-order valence-electron chi connectivity index (χ3n) is 0.508. The van der Waals surface area contributed by atoms with Crippen LogP contribution in [-0.2, 0) is 4.79 Å². The molecule has 0 fully saturated rings. The Morgan fingerprint density at radius 3 is 2.50 bits per heavy atom. The first kappa shape index (κ1) is 10.5.